The van der Waals surface area contributed by atoms with Crippen LogP contribution in [-0.4, -0.2) is 24.0 Å². The van der Waals surface area contributed by atoms with Crippen molar-refractivity contribution in [3.05, 3.63) is 52.9 Å². The summed E-state index contributed by atoms with van der Waals surface area (Å²) >= 11 is 5.90. The summed E-state index contributed by atoms with van der Waals surface area (Å²) in [4.78, 5) is 18.7. The molecule has 0 amide bonds. The second kappa shape index (κ2) is 7.18. The highest BCUT2D eigenvalue weighted by atomic mass is 35.5. The Kier molecular flexibility index (Phi) is 5.00. The number of nitrogens with zero attached hydrogens (tertiary/aromatic N) is 2. The molecule has 0 bridgehead atoms. The van der Waals surface area contributed by atoms with Crippen molar-refractivity contribution in [2.45, 2.75) is 19.8 Å². The third kappa shape index (κ3) is 3.85. The highest BCUT2D eigenvalue weighted by Gasteiger charge is 2.18. The molecule has 6 heteroatoms. The molecule has 0 N–H and O–H groups in total. The molecule has 0 saturated carbocycles. The average Bonchev–Trinajstić information content (AvgIpc) is 2.59. The standard InChI is InChI=1S/C18H18ClFN2O2/c1-12-6-8-22(9-7-12)17-5-2-13(11-21-17)18(23)24-16-10-14(20)3-4-15(16)19/h2-5,10-12H,6-9H2,1H3. The predicted molar refractivity (Wildman–Crippen MR) is 91.2 cm³/mol. The Hall–Kier alpha value is -2.14. The molecule has 0 unspecified atom stereocenters. The summed E-state index contributed by atoms with van der Waals surface area (Å²) in [5.74, 6) is 0.452. The Morgan fingerprint density at radius 1 is 1.29 bits per heavy atom. The molecular weight excluding hydrogens is 331 g/mol. The van der Waals surface area contributed by atoms with Crippen molar-refractivity contribution >= 4 is 23.4 Å². The van der Waals surface area contributed by atoms with Gasteiger partial charge in [-0.2, -0.15) is 0 Å². The molecule has 1 aliphatic heterocycles. The number of pyridine rings is 1. The van der Waals surface area contributed by atoms with Gasteiger partial charge in [0.15, 0.2) is 5.75 Å². The Morgan fingerprint density at radius 2 is 2.04 bits per heavy atom. The largest absolute Gasteiger partial charge is 0.421 e. The molecule has 4 nitrogen and oxygen atoms in total. The minimum Gasteiger partial charge on any atom is -0.421 e. The maximum atomic E-state index is 13.2. The number of hydrogen-bond donors (Lipinski definition) is 0. The molecule has 0 radical (unpaired) electrons. The van der Waals surface area contributed by atoms with Crippen LogP contribution in [0.5, 0.6) is 5.75 Å². The molecule has 0 aliphatic carbocycles. The highest BCUT2D eigenvalue weighted by molar-refractivity contribution is 6.32. The number of carbonyl (C=O) groups is 1. The van der Waals surface area contributed by atoms with E-state index in [2.05, 4.69) is 16.8 Å². The van der Waals surface area contributed by atoms with Gasteiger partial charge in [0, 0.05) is 25.4 Å². The van der Waals surface area contributed by atoms with Crippen molar-refractivity contribution < 1.29 is 13.9 Å². The SMILES string of the molecule is CC1CCN(c2ccc(C(=O)Oc3cc(F)ccc3Cl)cn2)CC1. The summed E-state index contributed by atoms with van der Waals surface area (Å²) in [6.45, 7) is 4.19. The fourth-order valence-corrected chi connectivity index (χ4v) is 2.80. The summed E-state index contributed by atoms with van der Waals surface area (Å²) in [5.41, 5.74) is 0.296. The topological polar surface area (TPSA) is 42.4 Å². The number of carbonyl (C=O) groups excluding carboxylic acids is 1. The van der Waals surface area contributed by atoms with Crippen molar-refractivity contribution in [2.24, 2.45) is 5.92 Å². The minimum absolute atomic E-state index is 0.00392. The van der Waals surface area contributed by atoms with E-state index in [0.717, 1.165) is 43.7 Å². The molecule has 0 spiro atoms. The van der Waals surface area contributed by atoms with Crippen LogP contribution in [0.4, 0.5) is 10.2 Å². The van der Waals surface area contributed by atoms with Gasteiger partial charge in [0.2, 0.25) is 0 Å². The zero-order valence-electron chi connectivity index (χ0n) is 13.3. The van der Waals surface area contributed by atoms with E-state index in [4.69, 9.17) is 16.3 Å². The maximum Gasteiger partial charge on any atom is 0.345 e. The summed E-state index contributed by atoms with van der Waals surface area (Å²) in [5, 5.41) is 0.178. The van der Waals surface area contributed by atoms with E-state index in [1.54, 1.807) is 12.1 Å². The lowest BCUT2D eigenvalue weighted by atomic mass is 9.99. The molecule has 1 saturated heterocycles. The van der Waals surface area contributed by atoms with Gasteiger partial charge in [0.1, 0.15) is 11.6 Å². The summed E-state index contributed by atoms with van der Waals surface area (Å²) in [7, 11) is 0. The lowest BCUT2D eigenvalue weighted by Gasteiger charge is -2.31. The zero-order valence-corrected chi connectivity index (χ0v) is 14.1. The van der Waals surface area contributed by atoms with Gasteiger partial charge in [0.25, 0.3) is 0 Å². The molecule has 1 aromatic heterocycles. The van der Waals surface area contributed by atoms with Gasteiger partial charge < -0.3 is 9.64 Å². The van der Waals surface area contributed by atoms with Gasteiger partial charge in [-0.3, -0.25) is 0 Å². The fourth-order valence-electron chi connectivity index (χ4n) is 2.65. The van der Waals surface area contributed by atoms with Crippen molar-refractivity contribution in [1.82, 2.24) is 4.98 Å². The van der Waals surface area contributed by atoms with E-state index in [0.29, 0.717) is 5.56 Å². The average molecular weight is 349 g/mol. The molecule has 24 heavy (non-hydrogen) atoms. The van der Waals surface area contributed by atoms with Crippen LogP contribution < -0.4 is 9.64 Å². The van der Waals surface area contributed by atoms with Gasteiger partial charge >= 0.3 is 5.97 Å². The number of esters is 1. The van der Waals surface area contributed by atoms with Crippen LogP contribution >= 0.6 is 11.6 Å². The van der Waals surface area contributed by atoms with Crippen LogP contribution in [-0.2, 0) is 0 Å². The first kappa shape index (κ1) is 16.7. The summed E-state index contributed by atoms with van der Waals surface area (Å²) in [6.07, 6.45) is 3.76. The Morgan fingerprint density at radius 3 is 2.71 bits per heavy atom. The van der Waals surface area contributed by atoms with E-state index < -0.39 is 11.8 Å². The molecule has 2 heterocycles. The molecule has 1 fully saturated rings. The van der Waals surface area contributed by atoms with Crippen molar-refractivity contribution in [3.8, 4) is 5.75 Å². The molecule has 126 valence electrons. The molecule has 3 rings (SSSR count). The Labute approximate surface area is 145 Å². The van der Waals surface area contributed by atoms with Crippen molar-refractivity contribution in [1.29, 1.82) is 0 Å². The second-order valence-electron chi connectivity index (χ2n) is 6.04. The number of hydrogen-bond acceptors (Lipinski definition) is 4. The Bertz CT molecular complexity index is 728. The summed E-state index contributed by atoms with van der Waals surface area (Å²) < 4.78 is 18.4. The first-order chi connectivity index (χ1) is 11.5. The number of ether oxygens (including phenoxy) is 1. The van der Waals surface area contributed by atoms with Gasteiger partial charge in [-0.15, -0.1) is 0 Å². The number of benzene rings is 1. The van der Waals surface area contributed by atoms with Crippen molar-refractivity contribution in [2.75, 3.05) is 18.0 Å². The smallest absolute Gasteiger partial charge is 0.345 e. The maximum absolute atomic E-state index is 13.2. The van der Waals surface area contributed by atoms with Crippen molar-refractivity contribution in [3.63, 3.8) is 0 Å². The zero-order chi connectivity index (χ0) is 17.1. The first-order valence-electron chi connectivity index (χ1n) is 7.91. The lowest BCUT2D eigenvalue weighted by molar-refractivity contribution is 0.0734. The second-order valence-corrected chi connectivity index (χ2v) is 6.45. The van der Waals surface area contributed by atoms with Gasteiger partial charge in [-0.25, -0.2) is 14.2 Å². The van der Waals surface area contributed by atoms with E-state index in [1.165, 1.54) is 18.3 Å². The lowest BCUT2D eigenvalue weighted by Crippen LogP contribution is -2.33. The van der Waals surface area contributed by atoms with Gasteiger partial charge in [0.05, 0.1) is 10.6 Å². The van der Waals surface area contributed by atoms with Crippen LogP contribution in [0.25, 0.3) is 0 Å². The molecule has 1 aliphatic rings. The monoisotopic (exact) mass is 348 g/mol. The molecule has 2 aromatic rings. The van der Waals surface area contributed by atoms with Crippen LogP contribution in [0.2, 0.25) is 5.02 Å². The number of halogens is 2. The highest BCUT2D eigenvalue weighted by Crippen LogP contribution is 2.26. The third-order valence-corrected chi connectivity index (χ3v) is 4.50. The van der Waals surface area contributed by atoms with E-state index >= 15 is 0 Å². The summed E-state index contributed by atoms with van der Waals surface area (Å²) in [6, 6.07) is 7.10. The van der Waals surface area contributed by atoms with Crippen LogP contribution in [0, 0.1) is 11.7 Å². The normalized spacial score (nSPS) is 15.4. The van der Waals surface area contributed by atoms with Crippen LogP contribution in [0.15, 0.2) is 36.5 Å². The molecular formula is C18H18ClFN2O2. The van der Waals surface area contributed by atoms with E-state index in [-0.39, 0.29) is 10.8 Å². The van der Waals surface area contributed by atoms with Gasteiger partial charge in [-0.05, 0) is 43.0 Å². The predicted octanol–water partition coefficient (Wildman–Crippen LogP) is 4.33. The van der Waals surface area contributed by atoms with E-state index in [9.17, 15) is 9.18 Å². The number of anilines is 1. The first-order valence-corrected chi connectivity index (χ1v) is 8.29. The number of piperidine rings is 1. The molecule has 0 atom stereocenters. The minimum atomic E-state index is -0.617. The third-order valence-electron chi connectivity index (χ3n) is 4.19. The quantitative estimate of drug-likeness (QED) is 0.611. The fraction of sp³-hybridized carbons (Fsp3) is 0.333. The number of rotatable bonds is 3. The van der Waals surface area contributed by atoms with E-state index in [1.807, 2.05) is 0 Å². The number of aromatic nitrogens is 1. The molecule has 1 aromatic carbocycles. The van der Waals surface area contributed by atoms with Crippen LogP contribution in [0.1, 0.15) is 30.1 Å². The Balaban J connectivity index is 1.68. The van der Waals surface area contributed by atoms with Crippen LogP contribution in [0.3, 0.4) is 0 Å². The van der Waals surface area contributed by atoms with Gasteiger partial charge in [-0.1, -0.05) is 18.5 Å².